The summed E-state index contributed by atoms with van der Waals surface area (Å²) in [5.74, 6) is -3.58. The minimum absolute atomic E-state index is 1.15. The van der Waals surface area contributed by atoms with Gasteiger partial charge in [0.1, 0.15) is 91.6 Å². The summed E-state index contributed by atoms with van der Waals surface area (Å²) in [6.45, 7) is 3.86. The second-order valence-electron chi connectivity index (χ2n) is 14.0. The van der Waals surface area contributed by atoms with E-state index in [0.29, 0.717) is 0 Å². The molecule has 5 aliphatic heterocycles. The highest BCUT2D eigenvalue weighted by atomic mass is 16.8. The van der Waals surface area contributed by atoms with Gasteiger partial charge in [-0.2, -0.15) is 0 Å². The molecule has 5 fully saturated rings. The third kappa shape index (κ3) is 8.77. The van der Waals surface area contributed by atoms with Crippen molar-refractivity contribution >= 4 is 11.9 Å². The van der Waals surface area contributed by atoms with Crippen molar-refractivity contribution in [2.75, 3.05) is 0 Å². The number of carboxylic acid groups (broad SMARTS) is 2. The number of rotatable bonds is 10. The number of ether oxygens (including phenoxy) is 9. The zero-order chi connectivity index (χ0) is 41.0. The van der Waals surface area contributed by atoms with Crippen LogP contribution in [0.3, 0.4) is 0 Å². The highest BCUT2D eigenvalue weighted by Crippen LogP contribution is 2.37. The first-order chi connectivity index (χ1) is 25.7. The summed E-state index contributed by atoms with van der Waals surface area (Å²) in [6, 6.07) is 0. The van der Waals surface area contributed by atoms with E-state index >= 15 is 0 Å². The zero-order valence-electron chi connectivity index (χ0n) is 29.2. The lowest BCUT2D eigenvalue weighted by molar-refractivity contribution is -0.408. The maximum atomic E-state index is 11.8. The summed E-state index contributed by atoms with van der Waals surface area (Å²) >= 11 is 0. The number of carboxylic acids is 2. The van der Waals surface area contributed by atoms with E-state index in [1.54, 1.807) is 0 Å². The van der Waals surface area contributed by atoms with Gasteiger partial charge >= 0.3 is 11.9 Å². The molecule has 0 spiro atoms. The third-order valence-electron chi connectivity index (χ3n) is 10.1. The highest BCUT2D eigenvalue weighted by molar-refractivity contribution is 5.73. The van der Waals surface area contributed by atoms with E-state index < -0.39 is 165 Å². The van der Waals surface area contributed by atoms with Crippen LogP contribution in [0.15, 0.2) is 0 Å². The molecule has 5 rings (SSSR count). The predicted molar refractivity (Wildman–Crippen MR) is 163 cm³/mol. The van der Waals surface area contributed by atoms with Crippen molar-refractivity contribution in [1.29, 1.82) is 0 Å². The van der Waals surface area contributed by atoms with Crippen molar-refractivity contribution in [2.24, 2.45) is 0 Å². The molecule has 25 atom stereocenters. The van der Waals surface area contributed by atoms with Crippen molar-refractivity contribution in [3.63, 3.8) is 0 Å². The lowest BCUT2D eigenvalue weighted by Crippen LogP contribution is -2.68. The lowest BCUT2D eigenvalue weighted by atomic mass is 9.95. The van der Waals surface area contributed by atoms with Gasteiger partial charge in [-0.3, -0.25) is 0 Å². The van der Waals surface area contributed by atoms with Gasteiger partial charge < -0.3 is 114 Å². The molecule has 14 N–H and O–H groups in total. The molecule has 5 aliphatic rings. The van der Waals surface area contributed by atoms with Crippen LogP contribution in [0.2, 0.25) is 0 Å². The van der Waals surface area contributed by atoms with Gasteiger partial charge in [-0.15, -0.1) is 0 Å². The van der Waals surface area contributed by atoms with E-state index in [-0.39, 0.29) is 0 Å². The van der Waals surface area contributed by atoms with Crippen LogP contribution in [0.5, 0.6) is 0 Å². The van der Waals surface area contributed by atoms with E-state index in [2.05, 4.69) is 0 Å². The highest BCUT2D eigenvalue weighted by Gasteiger charge is 2.57. The van der Waals surface area contributed by atoms with Crippen molar-refractivity contribution < 1.29 is 124 Å². The van der Waals surface area contributed by atoms with Crippen LogP contribution in [0, 0.1) is 0 Å². The van der Waals surface area contributed by atoms with Gasteiger partial charge in [-0.1, -0.05) is 0 Å². The first-order valence-corrected chi connectivity index (χ1v) is 17.2. The molecule has 0 radical (unpaired) electrons. The summed E-state index contributed by atoms with van der Waals surface area (Å²) in [5, 5.41) is 146. The quantitative estimate of drug-likeness (QED) is 0.0974. The largest absolute Gasteiger partial charge is 0.479 e. The molecular weight excluding hydrogens is 760 g/mol. The molecule has 5 saturated heterocycles. The van der Waals surface area contributed by atoms with Crippen LogP contribution < -0.4 is 0 Å². The van der Waals surface area contributed by atoms with E-state index in [0.717, 1.165) is 0 Å². The Bertz CT molecular complexity index is 1300. The van der Waals surface area contributed by atoms with Gasteiger partial charge in [0.25, 0.3) is 0 Å². The molecule has 0 aromatic carbocycles. The topological polar surface area (TPSA) is 400 Å². The van der Waals surface area contributed by atoms with Gasteiger partial charge in [0.15, 0.2) is 43.7 Å². The number of aliphatic hydroxyl groups excluding tert-OH is 12. The minimum atomic E-state index is -2.21. The Kier molecular flexibility index (Phi) is 14.1. The van der Waals surface area contributed by atoms with E-state index in [1.807, 2.05) is 0 Å². The molecule has 0 saturated carbocycles. The first kappa shape index (κ1) is 44.2. The number of aliphatic carboxylic acids is 2. The standard InChI is InChI=1S/C30H48O25/c1-4-7(31)12(36)22(54-27-15(39)10(34)13(37)20(52-27)24(42)43)29(48-4)51-19-9(33)6(3)49-30(50-18-8(32)5(2)47-26(46)17(18)41)23(19)55-28-16(40)11(35)14(38)21(53-28)25(44)45/h4-23,26-41,46H,1-3H3,(H,42,43)(H,44,45)/t4?,5?,6?,7-,8-,9-,10-,11-,12+,13+,14+,15?,16?,17?,18+,19+,20?,21?,22?,23?,26-,27-,28-,29+,30+/m1/s1. The Morgan fingerprint density at radius 1 is 0.364 bits per heavy atom. The van der Waals surface area contributed by atoms with Crippen LogP contribution in [0.25, 0.3) is 0 Å². The summed E-state index contributed by atoms with van der Waals surface area (Å²) < 4.78 is 50.3. The molecule has 0 aliphatic carbocycles. The molecule has 0 amide bonds. The number of aliphatic hydroxyl groups is 12. The number of hydrogen-bond donors (Lipinski definition) is 14. The molecule has 55 heavy (non-hydrogen) atoms. The molecule has 0 bridgehead atoms. The zero-order valence-corrected chi connectivity index (χ0v) is 29.2. The molecule has 0 aromatic heterocycles. The smallest absolute Gasteiger partial charge is 0.335 e. The molecular formula is C30H48O25. The van der Waals surface area contributed by atoms with Crippen molar-refractivity contribution in [3.05, 3.63) is 0 Å². The maximum Gasteiger partial charge on any atom is 0.335 e. The molecule has 10 unspecified atom stereocenters. The van der Waals surface area contributed by atoms with Crippen molar-refractivity contribution in [3.8, 4) is 0 Å². The SMILES string of the molecule is CC1O[C@@H](O[C@@H]2C(O[C@H]3OC(C(=O)O)[C@@H](O)[C@@H](O)C3O)[C@H](O[C@@H]3C(O)[C@H](O)OC(C)[C@H]3O)OC(C)[C@H]2O)C(O[C@H]2OC(C(=O)O)[C@@H](O)[C@@H](O)C2O)[C@@H](O)[C@@H]1O. The summed E-state index contributed by atoms with van der Waals surface area (Å²) in [7, 11) is 0. The van der Waals surface area contributed by atoms with Crippen LogP contribution >= 0.6 is 0 Å². The number of carbonyl (C=O) groups is 2. The monoisotopic (exact) mass is 808 g/mol. The van der Waals surface area contributed by atoms with E-state index in [4.69, 9.17) is 42.6 Å². The van der Waals surface area contributed by atoms with Crippen LogP contribution in [0.1, 0.15) is 20.8 Å². The summed E-state index contributed by atoms with van der Waals surface area (Å²) in [6.07, 6.45) is -48.4. The molecule has 25 heteroatoms. The number of hydrogen-bond acceptors (Lipinski definition) is 23. The second kappa shape index (κ2) is 17.5. The molecule has 0 aromatic rings. The van der Waals surface area contributed by atoms with E-state index in [9.17, 15) is 81.1 Å². The van der Waals surface area contributed by atoms with Crippen LogP contribution in [-0.2, 0) is 52.2 Å². The fourth-order valence-corrected chi connectivity index (χ4v) is 6.77. The second-order valence-corrected chi connectivity index (χ2v) is 14.0. The normalized spacial score (nSPS) is 53.8. The van der Waals surface area contributed by atoms with Crippen molar-refractivity contribution in [2.45, 2.75) is 174 Å². The van der Waals surface area contributed by atoms with Crippen LogP contribution in [-0.4, -0.2) is 237 Å². The van der Waals surface area contributed by atoms with Gasteiger partial charge in [0.2, 0.25) is 0 Å². The summed E-state index contributed by atoms with van der Waals surface area (Å²) in [5.41, 5.74) is 0. The van der Waals surface area contributed by atoms with Crippen molar-refractivity contribution in [1.82, 2.24) is 0 Å². The van der Waals surface area contributed by atoms with Gasteiger partial charge in [-0.25, -0.2) is 9.59 Å². The average molecular weight is 809 g/mol. The fourth-order valence-electron chi connectivity index (χ4n) is 6.77. The van der Waals surface area contributed by atoms with Gasteiger partial charge in [0, 0.05) is 0 Å². The Balaban J connectivity index is 1.51. The summed E-state index contributed by atoms with van der Waals surface area (Å²) in [4.78, 5) is 23.5. The maximum absolute atomic E-state index is 11.8. The Hall–Kier alpha value is -1.90. The van der Waals surface area contributed by atoms with Crippen LogP contribution in [0.4, 0.5) is 0 Å². The molecule has 318 valence electrons. The molecule has 5 heterocycles. The minimum Gasteiger partial charge on any atom is -0.479 e. The molecule has 25 nitrogen and oxygen atoms in total. The van der Waals surface area contributed by atoms with Gasteiger partial charge in [0.05, 0.1) is 18.3 Å². The lowest BCUT2D eigenvalue weighted by Gasteiger charge is -2.50. The van der Waals surface area contributed by atoms with E-state index in [1.165, 1.54) is 20.8 Å². The Morgan fingerprint density at radius 3 is 1.24 bits per heavy atom. The Labute approximate surface area is 310 Å². The van der Waals surface area contributed by atoms with Gasteiger partial charge in [-0.05, 0) is 20.8 Å². The fraction of sp³-hybridized carbons (Fsp3) is 0.933. The Morgan fingerprint density at radius 2 is 0.745 bits per heavy atom. The average Bonchev–Trinajstić information content (AvgIpc) is 3.12. The third-order valence-corrected chi connectivity index (χ3v) is 10.1. The first-order valence-electron chi connectivity index (χ1n) is 17.2. The predicted octanol–water partition coefficient (Wildman–Crippen LogP) is -8.66.